The Morgan fingerprint density at radius 1 is 1.59 bits per heavy atom. The molecule has 4 nitrogen and oxygen atoms in total. The molecule has 2 heterocycles. The van der Waals surface area contributed by atoms with Gasteiger partial charge >= 0.3 is 0 Å². The molecule has 0 saturated carbocycles. The Balaban J connectivity index is 2.20. The van der Waals surface area contributed by atoms with E-state index in [2.05, 4.69) is 35.6 Å². The number of hydrogen-bond donors (Lipinski definition) is 1. The van der Waals surface area contributed by atoms with Crippen LogP contribution in [0.4, 0.5) is 0 Å². The Kier molecular flexibility index (Phi) is 4.18. The molecule has 0 amide bonds. The molecule has 0 bridgehead atoms. The van der Waals surface area contributed by atoms with Crippen LogP contribution in [-0.2, 0) is 4.74 Å². The van der Waals surface area contributed by atoms with Crippen LogP contribution in [0.2, 0.25) is 0 Å². The zero-order valence-electron chi connectivity index (χ0n) is 11.0. The molecule has 0 radical (unpaired) electrons. The van der Waals surface area contributed by atoms with E-state index in [-0.39, 0.29) is 6.10 Å². The average molecular weight is 237 g/mol. The van der Waals surface area contributed by atoms with Crippen molar-refractivity contribution in [2.75, 3.05) is 19.7 Å². The predicted octanol–water partition coefficient (Wildman–Crippen LogP) is 2.15. The van der Waals surface area contributed by atoms with Gasteiger partial charge in [0.1, 0.15) is 6.10 Å². The van der Waals surface area contributed by atoms with Crippen molar-refractivity contribution in [3.63, 3.8) is 0 Å². The van der Waals surface area contributed by atoms with Crippen molar-refractivity contribution in [3.8, 4) is 0 Å². The predicted molar refractivity (Wildman–Crippen MR) is 68.0 cm³/mol. The third-order valence-electron chi connectivity index (χ3n) is 3.50. The Hall–Kier alpha value is -0.870. The summed E-state index contributed by atoms with van der Waals surface area (Å²) in [6.07, 6.45) is 5.17. The minimum Gasteiger partial charge on any atom is -0.369 e. The Labute approximate surface area is 103 Å². The number of rotatable bonds is 4. The largest absolute Gasteiger partial charge is 0.369 e. The van der Waals surface area contributed by atoms with Gasteiger partial charge < -0.3 is 14.6 Å². The molecule has 2 atom stereocenters. The number of morpholine rings is 1. The zero-order chi connectivity index (χ0) is 12.3. The van der Waals surface area contributed by atoms with Crippen LogP contribution in [0, 0.1) is 5.92 Å². The molecule has 96 valence electrons. The molecule has 1 aliphatic rings. The smallest absolute Gasteiger partial charge is 0.111 e. The second-order valence-electron chi connectivity index (χ2n) is 5.01. The summed E-state index contributed by atoms with van der Waals surface area (Å²) in [6, 6.07) is 0.512. The van der Waals surface area contributed by atoms with Crippen LogP contribution in [-0.4, -0.2) is 29.2 Å². The standard InChI is InChI=1S/C13H23N3O/c1-4-11(10(2)3)16-9-15-7-12(16)13-8-14-5-6-17-13/h7,9-11,13-14H,4-6,8H2,1-3H3. The summed E-state index contributed by atoms with van der Waals surface area (Å²) in [6.45, 7) is 9.38. The normalized spacial score (nSPS) is 22.9. The van der Waals surface area contributed by atoms with E-state index in [1.165, 1.54) is 5.69 Å². The Morgan fingerprint density at radius 3 is 3.00 bits per heavy atom. The molecule has 1 aromatic rings. The highest BCUT2D eigenvalue weighted by atomic mass is 16.5. The topological polar surface area (TPSA) is 39.1 Å². The van der Waals surface area contributed by atoms with Gasteiger partial charge in [-0.2, -0.15) is 0 Å². The van der Waals surface area contributed by atoms with E-state index >= 15 is 0 Å². The first-order valence-corrected chi connectivity index (χ1v) is 6.58. The van der Waals surface area contributed by atoms with Gasteiger partial charge in [-0.3, -0.25) is 0 Å². The minimum atomic E-state index is 0.152. The molecule has 0 spiro atoms. The first kappa shape index (κ1) is 12.6. The van der Waals surface area contributed by atoms with Gasteiger partial charge in [0, 0.05) is 19.1 Å². The summed E-state index contributed by atoms with van der Waals surface area (Å²) in [5.41, 5.74) is 1.21. The molecule has 0 aromatic carbocycles. The zero-order valence-corrected chi connectivity index (χ0v) is 11.0. The number of nitrogens with one attached hydrogen (secondary N) is 1. The van der Waals surface area contributed by atoms with Gasteiger partial charge in [-0.25, -0.2) is 4.98 Å². The lowest BCUT2D eigenvalue weighted by Crippen LogP contribution is -2.34. The molecule has 1 saturated heterocycles. The van der Waals surface area contributed by atoms with E-state index in [0.717, 1.165) is 26.1 Å². The van der Waals surface area contributed by atoms with Crippen LogP contribution in [0.1, 0.15) is 45.0 Å². The van der Waals surface area contributed by atoms with E-state index < -0.39 is 0 Å². The van der Waals surface area contributed by atoms with Gasteiger partial charge in [0.2, 0.25) is 0 Å². The fraction of sp³-hybridized carbons (Fsp3) is 0.769. The molecule has 17 heavy (non-hydrogen) atoms. The lowest BCUT2D eigenvalue weighted by Gasteiger charge is -2.29. The quantitative estimate of drug-likeness (QED) is 0.872. The SMILES string of the molecule is CCC(C(C)C)n1cncc1C1CNCCO1. The fourth-order valence-corrected chi connectivity index (χ4v) is 2.59. The Morgan fingerprint density at radius 2 is 2.41 bits per heavy atom. The third kappa shape index (κ3) is 2.69. The van der Waals surface area contributed by atoms with Crippen molar-refractivity contribution in [1.82, 2.24) is 14.9 Å². The molecule has 2 unspecified atom stereocenters. The van der Waals surface area contributed by atoms with Crippen molar-refractivity contribution < 1.29 is 4.74 Å². The first-order valence-electron chi connectivity index (χ1n) is 6.58. The molecule has 1 aromatic heterocycles. The van der Waals surface area contributed by atoms with Crippen molar-refractivity contribution in [1.29, 1.82) is 0 Å². The molecule has 1 N–H and O–H groups in total. The van der Waals surface area contributed by atoms with Crippen LogP contribution in [0.5, 0.6) is 0 Å². The summed E-state index contributed by atoms with van der Waals surface area (Å²) in [5, 5.41) is 3.37. The second kappa shape index (κ2) is 5.65. The highest BCUT2D eigenvalue weighted by molar-refractivity contribution is 5.06. The van der Waals surface area contributed by atoms with E-state index in [4.69, 9.17) is 4.74 Å². The minimum absolute atomic E-state index is 0.152. The van der Waals surface area contributed by atoms with Crippen LogP contribution in [0.25, 0.3) is 0 Å². The van der Waals surface area contributed by atoms with Gasteiger partial charge in [0.05, 0.1) is 24.8 Å². The number of ether oxygens (including phenoxy) is 1. The van der Waals surface area contributed by atoms with Gasteiger partial charge in [-0.15, -0.1) is 0 Å². The average Bonchev–Trinajstić information content (AvgIpc) is 2.80. The van der Waals surface area contributed by atoms with Crippen LogP contribution in [0.15, 0.2) is 12.5 Å². The van der Waals surface area contributed by atoms with Gasteiger partial charge in [-0.05, 0) is 12.3 Å². The van der Waals surface area contributed by atoms with Crippen LogP contribution >= 0.6 is 0 Å². The first-order chi connectivity index (χ1) is 8.24. The van der Waals surface area contributed by atoms with Gasteiger partial charge in [0.15, 0.2) is 0 Å². The monoisotopic (exact) mass is 237 g/mol. The van der Waals surface area contributed by atoms with E-state index in [1.807, 2.05) is 12.5 Å². The Bertz CT molecular complexity index is 342. The van der Waals surface area contributed by atoms with Crippen molar-refractivity contribution in [2.45, 2.75) is 39.3 Å². The summed E-state index contributed by atoms with van der Waals surface area (Å²) in [7, 11) is 0. The number of nitrogens with zero attached hydrogens (tertiary/aromatic N) is 2. The summed E-state index contributed by atoms with van der Waals surface area (Å²) < 4.78 is 8.11. The fourth-order valence-electron chi connectivity index (χ4n) is 2.59. The third-order valence-corrected chi connectivity index (χ3v) is 3.50. The summed E-state index contributed by atoms with van der Waals surface area (Å²) >= 11 is 0. The molecule has 1 aliphatic heterocycles. The van der Waals surface area contributed by atoms with Crippen LogP contribution < -0.4 is 5.32 Å². The summed E-state index contributed by atoms with van der Waals surface area (Å²) in [5.74, 6) is 0.615. The highest BCUT2D eigenvalue weighted by Crippen LogP contribution is 2.27. The number of aromatic nitrogens is 2. The van der Waals surface area contributed by atoms with Crippen molar-refractivity contribution in [3.05, 3.63) is 18.2 Å². The second-order valence-corrected chi connectivity index (χ2v) is 5.01. The van der Waals surface area contributed by atoms with E-state index in [0.29, 0.717) is 12.0 Å². The number of imidazole rings is 1. The van der Waals surface area contributed by atoms with Gasteiger partial charge in [-0.1, -0.05) is 20.8 Å². The van der Waals surface area contributed by atoms with Crippen molar-refractivity contribution in [2.24, 2.45) is 5.92 Å². The highest BCUT2D eigenvalue weighted by Gasteiger charge is 2.23. The molecular weight excluding hydrogens is 214 g/mol. The lowest BCUT2D eigenvalue weighted by molar-refractivity contribution is 0.0213. The van der Waals surface area contributed by atoms with Crippen molar-refractivity contribution >= 4 is 0 Å². The maximum absolute atomic E-state index is 5.81. The van der Waals surface area contributed by atoms with E-state index in [1.54, 1.807) is 0 Å². The van der Waals surface area contributed by atoms with E-state index in [9.17, 15) is 0 Å². The molecule has 1 fully saturated rings. The molecule has 2 rings (SSSR count). The maximum Gasteiger partial charge on any atom is 0.111 e. The molecule has 0 aliphatic carbocycles. The van der Waals surface area contributed by atoms with Crippen LogP contribution in [0.3, 0.4) is 0 Å². The molecule has 4 heteroatoms. The maximum atomic E-state index is 5.81. The lowest BCUT2D eigenvalue weighted by atomic mass is 10.0. The summed E-state index contributed by atoms with van der Waals surface area (Å²) in [4.78, 5) is 4.30. The van der Waals surface area contributed by atoms with Gasteiger partial charge in [0.25, 0.3) is 0 Å². The number of hydrogen-bond acceptors (Lipinski definition) is 3. The molecular formula is C13H23N3O.